The fourth-order valence-electron chi connectivity index (χ4n) is 1.28. The highest BCUT2D eigenvalue weighted by Gasteiger charge is 2.12. The van der Waals surface area contributed by atoms with Crippen molar-refractivity contribution in [2.45, 2.75) is 18.6 Å². The number of halogens is 1. The number of hydrogen-bond donors (Lipinski definition) is 2. The number of carbonyl (C=O) groups excluding carboxylic acids is 1. The van der Waals surface area contributed by atoms with Gasteiger partial charge in [0.05, 0.1) is 10.6 Å². The van der Waals surface area contributed by atoms with E-state index in [1.807, 2.05) is 6.92 Å². The fourth-order valence-corrected chi connectivity index (χ4v) is 1.92. The Morgan fingerprint density at radius 1 is 1.67 bits per heavy atom. The van der Waals surface area contributed by atoms with Gasteiger partial charge in [-0.25, -0.2) is 4.98 Å². The summed E-state index contributed by atoms with van der Waals surface area (Å²) in [5.74, 6) is -0.0595. The van der Waals surface area contributed by atoms with Crippen molar-refractivity contribution in [1.82, 2.24) is 10.3 Å². The molecule has 0 aliphatic carbocycles. The average Bonchev–Trinajstić information content (AvgIpc) is 2.31. The first-order valence-electron chi connectivity index (χ1n) is 5.43. The summed E-state index contributed by atoms with van der Waals surface area (Å²) in [5, 5.41) is 3.01. The fraction of sp³-hybridized carbons (Fsp3) is 0.455. The van der Waals surface area contributed by atoms with Gasteiger partial charge in [0.2, 0.25) is 0 Å². The van der Waals surface area contributed by atoms with Crippen molar-refractivity contribution >= 4 is 34.1 Å². The summed E-state index contributed by atoms with van der Waals surface area (Å²) in [7, 11) is -0.885. The number of pyridine rings is 1. The highest BCUT2D eigenvalue weighted by molar-refractivity contribution is 7.84. The molecule has 3 N–H and O–H groups in total. The summed E-state index contributed by atoms with van der Waals surface area (Å²) in [5.41, 5.74) is 5.79. The van der Waals surface area contributed by atoms with Crippen LogP contribution in [0.3, 0.4) is 0 Å². The molecule has 7 heteroatoms. The SMILES string of the molecule is CC(CCNC(=O)c1cc(N)ncc1Cl)S(C)=O. The molecule has 0 aromatic carbocycles. The third-order valence-corrected chi connectivity index (χ3v) is 4.19. The zero-order valence-corrected chi connectivity index (χ0v) is 11.8. The Bertz CT molecular complexity index is 468. The molecule has 1 heterocycles. The Balaban J connectivity index is 2.55. The van der Waals surface area contributed by atoms with Crippen LogP contribution in [0.4, 0.5) is 5.82 Å². The second-order valence-electron chi connectivity index (χ2n) is 3.94. The molecule has 0 bridgehead atoms. The van der Waals surface area contributed by atoms with Crippen LogP contribution < -0.4 is 11.1 Å². The molecule has 0 spiro atoms. The molecule has 0 aliphatic heterocycles. The van der Waals surface area contributed by atoms with Crippen molar-refractivity contribution in [3.05, 3.63) is 22.8 Å². The van der Waals surface area contributed by atoms with Gasteiger partial charge in [-0.15, -0.1) is 0 Å². The van der Waals surface area contributed by atoms with Gasteiger partial charge in [-0.3, -0.25) is 9.00 Å². The minimum absolute atomic E-state index is 0.0447. The quantitative estimate of drug-likeness (QED) is 0.853. The summed E-state index contributed by atoms with van der Waals surface area (Å²) in [6.07, 6.45) is 3.63. The largest absolute Gasteiger partial charge is 0.384 e. The highest BCUT2D eigenvalue weighted by Crippen LogP contribution is 2.16. The van der Waals surface area contributed by atoms with Crippen LogP contribution in [0.5, 0.6) is 0 Å². The van der Waals surface area contributed by atoms with E-state index in [1.165, 1.54) is 12.3 Å². The maximum absolute atomic E-state index is 11.8. The average molecular weight is 290 g/mol. The molecule has 0 saturated carbocycles. The van der Waals surface area contributed by atoms with Gasteiger partial charge in [0.25, 0.3) is 5.91 Å². The molecule has 18 heavy (non-hydrogen) atoms. The second-order valence-corrected chi connectivity index (χ2v) is 6.15. The first-order chi connectivity index (χ1) is 8.41. The summed E-state index contributed by atoms with van der Waals surface area (Å²) >= 11 is 5.86. The molecule has 0 saturated heterocycles. The van der Waals surface area contributed by atoms with Crippen molar-refractivity contribution in [3.63, 3.8) is 0 Å². The maximum Gasteiger partial charge on any atom is 0.252 e. The smallest absolute Gasteiger partial charge is 0.252 e. The summed E-state index contributed by atoms with van der Waals surface area (Å²) in [6.45, 7) is 2.32. The van der Waals surface area contributed by atoms with Gasteiger partial charge in [0.1, 0.15) is 5.82 Å². The minimum atomic E-state index is -0.885. The Labute approximate surface area is 114 Å². The summed E-state index contributed by atoms with van der Waals surface area (Å²) < 4.78 is 11.1. The molecule has 1 rings (SSSR count). The minimum Gasteiger partial charge on any atom is -0.384 e. The molecule has 0 aliphatic rings. The van der Waals surface area contributed by atoms with E-state index in [9.17, 15) is 9.00 Å². The van der Waals surface area contributed by atoms with Crippen molar-refractivity contribution < 1.29 is 9.00 Å². The maximum atomic E-state index is 11.8. The predicted molar refractivity (Wildman–Crippen MR) is 74.1 cm³/mol. The van der Waals surface area contributed by atoms with Crippen molar-refractivity contribution in [3.8, 4) is 0 Å². The van der Waals surface area contributed by atoms with E-state index in [0.717, 1.165) is 0 Å². The van der Waals surface area contributed by atoms with E-state index >= 15 is 0 Å². The van der Waals surface area contributed by atoms with Crippen LogP contribution in [0.1, 0.15) is 23.7 Å². The Hall–Kier alpha value is -1.14. The molecule has 2 unspecified atom stereocenters. The van der Waals surface area contributed by atoms with Gasteiger partial charge in [-0.05, 0) is 12.5 Å². The standard InChI is InChI=1S/C11H16ClN3O2S/c1-7(18(2)17)3-4-14-11(16)8-5-10(13)15-6-9(8)12/h5-7H,3-4H2,1-2H3,(H2,13,15)(H,14,16). The Morgan fingerprint density at radius 2 is 2.33 bits per heavy atom. The lowest BCUT2D eigenvalue weighted by molar-refractivity contribution is 0.0953. The van der Waals surface area contributed by atoms with Crippen molar-refractivity contribution in [1.29, 1.82) is 0 Å². The second kappa shape index (κ2) is 6.70. The highest BCUT2D eigenvalue weighted by atomic mass is 35.5. The van der Waals surface area contributed by atoms with Gasteiger partial charge in [0, 0.05) is 35.0 Å². The molecular weight excluding hydrogens is 274 g/mol. The van der Waals surface area contributed by atoms with Gasteiger partial charge < -0.3 is 11.1 Å². The zero-order valence-electron chi connectivity index (χ0n) is 10.3. The van der Waals surface area contributed by atoms with E-state index in [2.05, 4.69) is 10.3 Å². The Kier molecular flexibility index (Phi) is 5.55. The van der Waals surface area contributed by atoms with Gasteiger partial charge in [-0.1, -0.05) is 18.5 Å². The molecule has 0 radical (unpaired) electrons. The van der Waals surface area contributed by atoms with Crippen LogP contribution in [0.15, 0.2) is 12.3 Å². The number of nitrogens with zero attached hydrogens (tertiary/aromatic N) is 1. The van der Waals surface area contributed by atoms with E-state index in [0.29, 0.717) is 18.5 Å². The number of amides is 1. The topological polar surface area (TPSA) is 85.1 Å². The molecular formula is C11H16ClN3O2S. The van der Waals surface area contributed by atoms with Crippen LogP contribution in [-0.4, -0.2) is 33.2 Å². The van der Waals surface area contributed by atoms with Crippen molar-refractivity contribution in [2.24, 2.45) is 0 Å². The van der Waals surface area contributed by atoms with Crippen LogP contribution in [-0.2, 0) is 10.8 Å². The predicted octanol–water partition coefficient (Wildman–Crippen LogP) is 1.20. The number of nitrogens with one attached hydrogen (secondary N) is 1. The van der Waals surface area contributed by atoms with Crippen LogP contribution >= 0.6 is 11.6 Å². The number of rotatable bonds is 5. The lowest BCUT2D eigenvalue weighted by atomic mass is 10.2. The normalized spacial score (nSPS) is 13.9. The van der Waals surface area contributed by atoms with E-state index in [-0.39, 0.29) is 22.0 Å². The third kappa shape index (κ3) is 4.27. The first-order valence-corrected chi connectivity index (χ1v) is 7.43. The zero-order chi connectivity index (χ0) is 13.7. The van der Waals surface area contributed by atoms with Crippen LogP contribution in [0.25, 0.3) is 0 Å². The lowest BCUT2D eigenvalue weighted by Gasteiger charge is -2.10. The van der Waals surface area contributed by atoms with Gasteiger partial charge in [0.15, 0.2) is 0 Å². The summed E-state index contributed by atoms with van der Waals surface area (Å²) in [4.78, 5) is 15.6. The third-order valence-electron chi connectivity index (χ3n) is 2.52. The first kappa shape index (κ1) is 14.9. The number of carbonyl (C=O) groups is 1. The van der Waals surface area contributed by atoms with E-state index < -0.39 is 10.8 Å². The number of aromatic nitrogens is 1. The molecule has 100 valence electrons. The number of hydrogen-bond acceptors (Lipinski definition) is 4. The molecule has 0 fully saturated rings. The van der Waals surface area contributed by atoms with E-state index in [1.54, 1.807) is 6.26 Å². The van der Waals surface area contributed by atoms with Crippen LogP contribution in [0.2, 0.25) is 5.02 Å². The molecule has 1 aromatic heterocycles. The number of anilines is 1. The Morgan fingerprint density at radius 3 is 2.94 bits per heavy atom. The van der Waals surface area contributed by atoms with Crippen molar-refractivity contribution in [2.75, 3.05) is 18.5 Å². The monoisotopic (exact) mass is 289 g/mol. The number of nitrogens with two attached hydrogens (primary N) is 1. The summed E-state index contributed by atoms with van der Waals surface area (Å²) in [6, 6.07) is 1.43. The van der Waals surface area contributed by atoms with Gasteiger partial charge in [-0.2, -0.15) is 0 Å². The molecule has 1 aromatic rings. The number of nitrogen functional groups attached to an aromatic ring is 1. The lowest BCUT2D eigenvalue weighted by Crippen LogP contribution is -2.27. The van der Waals surface area contributed by atoms with Crippen LogP contribution in [0, 0.1) is 0 Å². The molecule has 5 nitrogen and oxygen atoms in total. The van der Waals surface area contributed by atoms with E-state index in [4.69, 9.17) is 17.3 Å². The molecule has 2 atom stereocenters. The van der Waals surface area contributed by atoms with Gasteiger partial charge >= 0.3 is 0 Å². The molecule has 1 amide bonds.